The Hall–Kier alpha value is -0.360. The Morgan fingerprint density at radius 3 is 2.62 bits per heavy atom. The van der Waals surface area contributed by atoms with E-state index in [4.69, 9.17) is 10.8 Å². The van der Waals surface area contributed by atoms with Gasteiger partial charge >= 0.3 is 11.9 Å². The Labute approximate surface area is 79.7 Å². The molecule has 1 atom stereocenters. The fourth-order valence-electron chi connectivity index (χ4n) is 0.518. The van der Waals surface area contributed by atoms with Gasteiger partial charge in [-0.15, -0.1) is 0 Å². The molecule has 0 rings (SSSR count). The molecule has 0 aliphatic carbocycles. The SMILES string of the molecule is CCC(N)CSCC(F)(F)C(=O)O. The van der Waals surface area contributed by atoms with E-state index in [-0.39, 0.29) is 6.04 Å². The van der Waals surface area contributed by atoms with Crippen LogP contribution < -0.4 is 5.73 Å². The van der Waals surface area contributed by atoms with Crippen molar-refractivity contribution in [3.05, 3.63) is 0 Å². The number of hydrogen-bond acceptors (Lipinski definition) is 3. The average Bonchev–Trinajstić information content (AvgIpc) is 2.03. The molecule has 3 N–H and O–H groups in total. The lowest BCUT2D eigenvalue weighted by Gasteiger charge is -2.12. The second-order valence-corrected chi connectivity index (χ2v) is 3.72. The van der Waals surface area contributed by atoms with E-state index in [9.17, 15) is 13.6 Å². The van der Waals surface area contributed by atoms with Crippen molar-refractivity contribution in [3.63, 3.8) is 0 Å². The van der Waals surface area contributed by atoms with Gasteiger partial charge in [0, 0.05) is 11.8 Å². The molecule has 78 valence electrons. The number of aliphatic carboxylic acids is 1. The summed E-state index contributed by atoms with van der Waals surface area (Å²) in [5, 5.41) is 8.07. The maximum Gasteiger partial charge on any atom is 0.375 e. The highest BCUT2D eigenvalue weighted by Gasteiger charge is 2.38. The van der Waals surface area contributed by atoms with Gasteiger partial charge in [0.25, 0.3) is 0 Å². The Bertz CT molecular complexity index is 178. The fourth-order valence-corrected chi connectivity index (χ4v) is 1.55. The van der Waals surface area contributed by atoms with E-state index in [1.807, 2.05) is 6.92 Å². The van der Waals surface area contributed by atoms with Crippen molar-refractivity contribution in [1.29, 1.82) is 0 Å². The molecule has 0 radical (unpaired) electrons. The summed E-state index contributed by atoms with van der Waals surface area (Å²) in [6, 6.07) is -0.144. The molecule has 6 heteroatoms. The molecular formula is C7H13F2NO2S. The summed E-state index contributed by atoms with van der Waals surface area (Å²) in [5.74, 6) is -6.07. The maximum absolute atomic E-state index is 12.4. The molecular weight excluding hydrogens is 200 g/mol. The van der Waals surface area contributed by atoms with Gasteiger partial charge in [-0.05, 0) is 6.42 Å². The Balaban J connectivity index is 3.70. The molecule has 0 saturated heterocycles. The smallest absolute Gasteiger partial charge is 0.375 e. The molecule has 3 nitrogen and oxygen atoms in total. The van der Waals surface area contributed by atoms with Crippen molar-refractivity contribution in [3.8, 4) is 0 Å². The number of halogens is 2. The number of nitrogens with two attached hydrogens (primary N) is 1. The third-order valence-electron chi connectivity index (χ3n) is 1.45. The first kappa shape index (κ1) is 12.6. The lowest BCUT2D eigenvalue weighted by atomic mass is 10.3. The standard InChI is InChI=1S/C7H13F2NO2S/c1-2-5(10)3-13-4-7(8,9)6(11)12/h5H,2-4,10H2,1H3,(H,11,12). The summed E-state index contributed by atoms with van der Waals surface area (Å²) in [6.45, 7) is 1.85. The zero-order valence-corrected chi connectivity index (χ0v) is 8.11. The second kappa shape index (κ2) is 5.39. The average molecular weight is 213 g/mol. The van der Waals surface area contributed by atoms with Gasteiger partial charge in [-0.3, -0.25) is 0 Å². The van der Waals surface area contributed by atoms with E-state index in [1.54, 1.807) is 0 Å². The minimum absolute atomic E-state index is 0.144. The molecule has 0 aromatic carbocycles. The molecule has 0 heterocycles. The minimum Gasteiger partial charge on any atom is -0.477 e. The number of alkyl halides is 2. The van der Waals surface area contributed by atoms with Gasteiger partial charge in [0.2, 0.25) is 0 Å². The van der Waals surface area contributed by atoms with Crippen molar-refractivity contribution in [2.45, 2.75) is 25.3 Å². The molecule has 0 saturated carbocycles. The largest absolute Gasteiger partial charge is 0.477 e. The normalized spacial score (nSPS) is 14.2. The van der Waals surface area contributed by atoms with Gasteiger partial charge in [-0.2, -0.15) is 20.5 Å². The first-order chi connectivity index (χ1) is 5.90. The quantitative estimate of drug-likeness (QED) is 0.695. The molecule has 0 amide bonds. The number of rotatable bonds is 6. The van der Waals surface area contributed by atoms with Gasteiger partial charge in [0.1, 0.15) is 0 Å². The van der Waals surface area contributed by atoms with Gasteiger partial charge in [0.15, 0.2) is 0 Å². The second-order valence-electron chi connectivity index (χ2n) is 2.69. The Morgan fingerprint density at radius 2 is 2.23 bits per heavy atom. The van der Waals surface area contributed by atoms with E-state index in [1.165, 1.54) is 0 Å². The first-order valence-corrected chi connectivity index (χ1v) is 5.00. The molecule has 0 aromatic heterocycles. The summed E-state index contributed by atoms with van der Waals surface area (Å²) < 4.78 is 24.9. The Morgan fingerprint density at radius 1 is 1.69 bits per heavy atom. The van der Waals surface area contributed by atoms with Gasteiger partial charge in [-0.25, -0.2) is 4.79 Å². The van der Waals surface area contributed by atoms with Crippen LogP contribution in [0.3, 0.4) is 0 Å². The molecule has 0 spiro atoms. The zero-order chi connectivity index (χ0) is 10.5. The summed E-state index contributed by atoms with van der Waals surface area (Å²) in [4.78, 5) is 9.97. The summed E-state index contributed by atoms with van der Waals surface area (Å²) in [6.07, 6.45) is 0.700. The monoisotopic (exact) mass is 213 g/mol. The molecule has 1 unspecified atom stereocenters. The minimum atomic E-state index is -3.64. The first-order valence-electron chi connectivity index (χ1n) is 3.84. The van der Waals surface area contributed by atoms with E-state index in [0.29, 0.717) is 12.2 Å². The van der Waals surface area contributed by atoms with Gasteiger partial charge in [0.05, 0.1) is 5.75 Å². The number of carboxylic acids is 1. The van der Waals surface area contributed by atoms with Crippen LogP contribution in [0.5, 0.6) is 0 Å². The molecule has 0 aliphatic rings. The van der Waals surface area contributed by atoms with E-state index in [2.05, 4.69) is 0 Å². The maximum atomic E-state index is 12.4. The van der Waals surface area contributed by atoms with Crippen LogP contribution in [0.25, 0.3) is 0 Å². The van der Waals surface area contributed by atoms with Crippen molar-refractivity contribution in [2.75, 3.05) is 11.5 Å². The van der Waals surface area contributed by atoms with E-state index < -0.39 is 17.6 Å². The third kappa shape index (κ3) is 5.05. The van der Waals surface area contributed by atoms with Crippen LogP contribution in [-0.2, 0) is 4.79 Å². The van der Waals surface area contributed by atoms with Crippen LogP contribution >= 0.6 is 11.8 Å². The summed E-state index contributed by atoms with van der Waals surface area (Å²) >= 11 is 0.865. The van der Waals surface area contributed by atoms with Crippen LogP contribution in [0.2, 0.25) is 0 Å². The van der Waals surface area contributed by atoms with E-state index >= 15 is 0 Å². The van der Waals surface area contributed by atoms with Crippen LogP contribution in [-0.4, -0.2) is 34.5 Å². The van der Waals surface area contributed by atoms with E-state index in [0.717, 1.165) is 11.8 Å². The highest BCUT2D eigenvalue weighted by Crippen LogP contribution is 2.20. The van der Waals surface area contributed by atoms with Crippen molar-refractivity contribution < 1.29 is 18.7 Å². The highest BCUT2D eigenvalue weighted by atomic mass is 32.2. The van der Waals surface area contributed by atoms with Crippen molar-refractivity contribution >= 4 is 17.7 Å². The van der Waals surface area contributed by atoms with Crippen molar-refractivity contribution in [1.82, 2.24) is 0 Å². The van der Waals surface area contributed by atoms with Crippen LogP contribution in [0.4, 0.5) is 8.78 Å². The molecule has 0 bridgehead atoms. The van der Waals surface area contributed by atoms with Crippen LogP contribution in [0.1, 0.15) is 13.3 Å². The molecule has 0 aromatic rings. The number of carbonyl (C=O) groups is 1. The Kier molecular flexibility index (Phi) is 5.24. The van der Waals surface area contributed by atoms with Gasteiger partial charge < -0.3 is 10.8 Å². The third-order valence-corrected chi connectivity index (χ3v) is 2.68. The van der Waals surface area contributed by atoms with Crippen molar-refractivity contribution in [2.24, 2.45) is 5.73 Å². The fraction of sp³-hybridized carbons (Fsp3) is 0.857. The highest BCUT2D eigenvalue weighted by molar-refractivity contribution is 7.99. The topological polar surface area (TPSA) is 63.3 Å². The lowest BCUT2D eigenvalue weighted by molar-refractivity contribution is -0.161. The number of thioether (sulfide) groups is 1. The van der Waals surface area contributed by atoms with Gasteiger partial charge in [-0.1, -0.05) is 6.92 Å². The predicted octanol–water partition coefficient (Wildman–Crippen LogP) is 1.18. The van der Waals surface area contributed by atoms with Crippen LogP contribution in [0.15, 0.2) is 0 Å². The zero-order valence-electron chi connectivity index (χ0n) is 7.30. The predicted molar refractivity (Wildman–Crippen MR) is 48.2 cm³/mol. The summed E-state index contributed by atoms with van der Waals surface area (Å²) in [7, 11) is 0. The molecule has 13 heavy (non-hydrogen) atoms. The lowest BCUT2D eigenvalue weighted by Crippen LogP contribution is -2.32. The molecule has 0 fully saturated rings. The summed E-state index contributed by atoms with van der Waals surface area (Å²) in [5.41, 5.74) is 5.47. The molecule has 0 aliphatic heterocycles. The number of hydrogen-bond donors (Lipinski definition) is 2. The number of carboxylic acid groups (broad SMARTS) is 1. The van der Waals surface area contributed by atoms with Crippen LogP contribution in [0, 0.1) is 0 Å².